The summed E-state index contributed by atoms with van der Waals surface area (Å²) in [4.78, 5) is 0. The van der Waals surface area contributed by atoms with Crippen molar-refractivity contribution in [1.82, 2.24) is 5.32 Å². The summed E-state index contributed by atoms with van der Waals surface area (Å²) in [5.74, 6) is 0. The number of hydrogen-bond acceptors (Lipinski definition) is 2. The lowest BCUT2D eigenvalue weighted by Crippen LogP contribution is -2.19. The second-order valence-corrected chi connectivity index (χ2v) is 8.43. The summed E-state index contributed by atoms with van der Waals surface area (Å²) in [7, 11) is 0. The zero-order chi connectivity index (χ0) is 22.5. The van der Waals surface area contributed by atoms with E-state index in [0.29, 0.717) is 24.1 Å². The number of nitrogens with one attached hydrogen (secondary N) is 1. The van der Waals surface area contributed by atoms with Gasteiger partial charge in [0.25, 0.3) is 0 Å². The third-order valence-corrected chi connectivity index (χ3v) is 4.75. The first-order chi connectivity index (χ1) is 13.9. The van der Waals surface area contributed by atoms with Gasteiger partial charge in [0, 0.05) is 17.5 Å². The average Bonchev–Trinajstić information content (AvgIpc) is 2.60. The Balaban J connectivity index is 2.30. The van der Waals surface area contributed by atoms with Crippen molar-refractivity contribution in [2.75, 3.05) is 0 Å². The van der Waals surface area contributed by atoms with Crippen LogP contribution in [0.3, 0.4) is 0 Å². The maximum atomic E-state index is 13.3. The molecule has 0 unspecified atom stereocenters. The fourth-order valence-electron chi connectivity index (χ4n) is 3.51. The van der Waals surface area contributed by atoms with Crippen LogP contribution >= 0.6 is 0 Å². The van der Waals surface area contributed by atoms with Crippen LogP contribution in [-0.2, 0) is 0 Å². The van der Waals surface area contributed by atoms with Crippen LogP contribution in [-0.4, -0.2) is 16.9 Å². The summed E-state index contributed by atoms with van der Waals surface area (Å²) in [5, 5.41) is 12.9. The largest absolute Gasteiger partial charge is 0.416 e. The fraction of sp³-hybridized carbons (Fsp3) is 0.360. The molecule has 0 fully saturated rings. The van der Waals surface area contributed by atoms with E-state index in [-0.39, 0.29) is 0 Å². The topological polar surface area (TPSA) is 32.3 Å². The third kappa shape index (κ3) is 7.06. The lowest BCUT2D eigenvalue weighted by molar-refractivity contribution is -0.0884. The third-order valence-electron chi connectivity index (χ3n) is 4.75. The molecule has 0 spiro atoms. The predicted octanol–water partition coefficient (Wildman–Crippen LogP) is 6.76. The molecule has 1 aromatic carbocycles. The molecule has 0 saturated carbocycles. The standard InChI is InChI=1S/C25H30F3NO/c1-17-8-7-11-20(14-17)23(22-15-21(12-13-29-22)25(26,27)28)19(3)10-6-9-18(2)16-24(4,5)30/h7-8,11-15,29-30H,2-3,6,9-10,16H2,1,4-5H3/b23-22+. The lowest BCUT2D eigenvalue weighted by Gasteiger charge is -2.21. The van der Waals surface area contributed by atoms with Crippen molar-refractivity contribution in [1.29, 1.82) is 0 Å². The van der Waals surface area contributed by atoms with Crippen LogP contribution in [0.1, 0.15) is 50.7 Å². The van der Waals surface area contributed by atoms with Gasteiger partial charge in [0.05, 0.1) is 11.2 Å². The van der Waals surface area contributed by atoms with Gasteiger partial charge in [-0.3, -0.25) is 0 Å². The molecule has 0 aliphatic carbocycles. The highest BCUT2D eigenvalue weighted by atomic mass is 19.4. The van der Waals surface area contributed by atoms with Gasteiger partial charge < -0.3 is 10.4 Å². The van der Waals surface area contributed by atoms with Crippen LogP contribution in [0.4, 0.5) is 13.2 Å². The van der Waals surface area contributed by atoms with Crippen LogP contribution in [0, 0.1) is 6.92 Å². The number of halogens is 3. The van der Waals surface area contributed by atoms with E-state index in [1.807, 2.05) is 31.2 Å². The van der Waals surface area contributed by atoms with E-state index in [1.54, 1.807) is 13.8 Å². The Labute approximate surface area is 177 Å². The highest BCUT2D eigenvalue weighted by Crippen LogP contribution is 2.34. The first-order valence-electron chi connectivity index (χ1n) is 9.97. The van der Waals surface area contributed by atoms with Gasteiger partial charge in [-0.2, -0.15) is 13.2 Å². The van der Waals surface area contributed by atoms with Gasteiger partial charge in [0.15, 0.2) is 0 Å². The number of benzene rings is 1. The smallest absolute Gasteiger partial charge is 0.390 e. The van der Waals surface area contributed by atoms with Crippen LogP contribution in [0.25, 0.3) is 5.57 Å². The molecule has 1 aliphatic heterocycles. The van der Waals surface area contributed by atoms with E-state index >= 15 is 0 Å². The van der Waals surface area contributed by atoms with E-state index in [0.717, 1.165) is 47.3 Å². The molecule has 162 valence electrons. The van der Waals surface area contributed by atoms with Gasteiger partial charge in [-0.25, -0.2) is 0 Å². The summed E-state index contributed by atoms with van der Waals surface area (Å²) in [6.07, 6.45) is 1.65. The van der Waals surface area contributed by atoms with Crippen LogP contribution in [0.5, 0.6) is 0 Å². The number of allylic oxidation sites excluding steroid dienone is 5. The van der Waals surface area contributed by atoms with Crippen LogP contribution in [0.15, 0.2) is 78.2 Å². The van der Waals surface area contributed by atoms with E-state index in [2.05, 4.69) is 18.5 Å². The number of rotatable bonds is 8. The van der Waals surface area contributed by atoms with Crippen molar-refractivity contribution in [3.63, 3.8) is 0 Å². The van der Waals surface area contributed by atoms with Gasteiger partial charge >= 0.3 is 6.18 Å². The van der Waals surface area contributed by atoms with Gasteiger partial charge in [0.1, 0.15) is 0 Å². The first kappa shape index (κ1) is 23.7. The van der Waals surface area contributed by atoms with Crippen molar-refractivity contribution < 1.29 is 18.3 Å². The Morgan fingerprint density at radius 3 is 2.43 bits per heavy atom. The quantitative estimate of drug-likeness (QED) is 0.458. The Morgan fingerprint density at radius 2 is 1.83 bits per heavy atom. The molecular formula is C25H30F3NO. The fourth-order valence-corrected chi connectivity index (χ4v) is 3.51. The second kappa shape index (κ2) is 9.52. The van der Waals surface area contributed by atoms with E-state index < -0.39 is 17.4 Å². The zero-order valence-electron chi connectivity index (χ0n) is 17.9. The van der Waals surface area contributed by atoms with E-state index in [9.17, 15) is 18.3 Å². The van der Waals surface area contributed by atoms with Gasteiger partial charge in [0.2, 0.25) is 0 Å². The molecule has 1 aromatic rings. The van der Waals surface area contributed by atoms with Crippen molar-refractivity contribution in [3.8, 4) is 0 Å². The molecule has 1 heterocycles. The number of alkyl halides is 3. The summed E-state index contributed by atoms with van der Waals surface area (Å²) in [5.41, 5.74) is 3.10. The molecule has 2 nitrogen and oxygen atoms in total. The molecule has 0 radical (unpaired) electrons. The van der Waals surface area contributed by atoms with Crippen molar-refractivity contribution in [2.45, 2.75) is 58.2 Å². The molecule has 5 heteroatoms. The molecular weight excluding hydrogens is 387 g/mol. The summed E-state index contributed by atoms with van der Waals surface area (Å²) in [6.45, 7) is 13.6. The monoisotopic (exact) mass is 417 g/mol. The SMILES string of the molecule is C=C(CCCC(=C)/C(=C1/C=C(C(F)(F)F)C=CN1)c1cccc(C)c1)CC(C)(C)O. The molecule has 30 heavy (non-hydrogen) atoms. The van der Waals surface area contributed by atoms with Gasteiger partial charge in [-0.15, -0.1) is 0 Å². The molecule has 0 atom stereocenters. The highest BCUT2D eigenvalue weighted by Gasteiger charge is 2.33. The minimum Gasteiger partial charge on any atom is -0.390 e. The van der Waals surface area contributed by atoms with Crippen molar-refractivity contribution in [3.05, 3.63) is 89.3 Å². The number of aryl methyl sites for hydroxylation is 1. The maximum absolute atomic E-state index is 13.3. The van der Waals surface area contributed by atoms with Crippen molar-refractivity contribution >= 4 is 5.57 Å². The van der Waals surface area contributed by atoms with E-state index in [4.69, 9.17) is 0 Å². The maximum Gasteiger partial charge on any atom is 0.416 e. The Morgan fingerprint density at radius 1 is 1.13 bits per heavy atom. The second-order valence-electron chi connectivity index (χ2n) is 8.43. The first-order valence-corrected chi connectivity index (χ1v) is 9.97. The van der Waals surface area contributed by atoms with Crippen LogP contribution < -0.4 is 5.32 Å². The predicted molar refractivity (Wildman–Crippen MR) is 118 cm³/mol. The number of aliphatic hydroxyl groups is 1. The lowest BCUT2D eigenvalue weighted by atomic mass is 9.90. The molecule has 0 bridgehead atoms. The molecule has 0 amide bonds. The Bertz CT molecular complexity index is 896. The summed E-state index contributed by atoms with van der Waals surface area (Å²) >= 11 is 0. The highest BCUT2D eigenvalue weighted by molar-refractivity contribution is 5.83. The zero-order valence-corrected chi connectivity index (χ0v) is 17.9. The number of dihydropyridines is 1. The normalized spacial score (nSPS) is 16.0. The summed E-state index contributed by atoms with van der Waals surface area (Å²) in [6, 6.07) is 7.66. The van der Waals surface area contributed by atoms with Crippen molar-refractivity contribution in [2.24, 2.45) is 0 Å². The molecule has 1 aliphatic rings. The minimum atomic E-state index is -4.42. The Kier molecular flexibility index (Phi) is 7.54. The average molecular weight is 418 g/mol. The summed E-state index contributed by atoms with van der Waals surface area (Å²) < 4.78 is 39.8. The van der Waals surface area contributed by atoms with E-state index in [1.165, 1.54) is 6.20 Å². The molecule has 0 aromatic heterocycles. The van der Waals surface area contributed by atoms with Gasteiger partial charge in [-0.05, 0) is 69.7 Å². The molecule has 2 N–H and O–H groups in total. The number of hydrogen-bond donors (Lipinski definition) is 2. The molecule has 0 saturated heterocycles. The minimum absolute atomic E-state index is 0.385. The molecule has 2 rings (SSSR count). The van der Waals surface area contributed by atoms with Gasteiger partial charge in [-0.1, -0.05) is 48.6 Å². The Hall–Kier alpha value is -2.53. The van der Waals surface area contributed by atoms with Crippen LogP contribution in [0.2, 0.25) is 0 Å².